The summed E-state index contributed by atoms with van der Waals surface area (Å²) in [6.07, 6.45) is 5.82. The Morgan fingerprint density at radius 1 is 1.16 bits per heavy atom. The molecule has 0 N–H and O–H groups in total. The Hall–Kier alpha value is -1.00. The van der Waals surface area contributed by atoms with Crippen LogP contribution in [0.5, 0.6) is 0 Å². The highest BCUT2D eigenvalue weighted by Gasteiger charge is 2.17. The molecule has 2 heterocycles. The van der Waals surface area contributed by atoms with E-state index in [-0.39, 0.29) is 23.0 Å². The largest absolute Gasteiger partial charge is 0.341 e. The van der Waals surface area contributed by atoms with Crippen LogP contribution in [0.15, 0.2) is 17.1 Å². The molecular formula is C13H16Cl2N2O2. The lowest BCUT2D eigenvalue weighted by molar-refractivity contribution is -0.131. The fourth-order valence-corrected chi connectivity index (χ4v) is 2.76. The van der Waals surface area contributed by atoms with Crippen LogP contribution < -0.4 is 5.56 Å². The maximum Gasteiger partial charge on any atom is 0.269 e. The molecule has 0 atom stereocenters. The van der Waals surface area contributed by atoms with Gasteiger partial charge in [-0.15, -0.1) is 0 Å². The van der Waals surface area contributed by atoms with Gasteiger partial charge in [-0.2, -0.15) is 0 Å². The number of hydrogen-bond donors (Lipinski definition) is 0. The molecule has 19 heavy (non-hydrogen) atoms. The number of halogens is 2. The summed E-state index contributed by atoms with van der Waals surface area (Å²) in [6.45, 7) is 1.53. The van der Waals surface area contributed by atoms with Crippen molar-refractivity contribution in [1.29, 1.82) is 0 Å². The lowest BCUT2D eigenvalue weighted by Gasteiger charge is -2.20. The highest BCUT2D eigenvalue weighted by Crippen LogP contribution is 2.13. The van der Waals surface area contributed by atoms with Gasteiger partial charge < -0.3 is 9.47 Å². The normalized spacial score (nSPS) is 16.2. The SMILES string of the molecule is O=C(Cn1cc(Cl)cc(Cl)c1=O)N1CCCCCC1. The van der Waals surface area contributed by atoms with Gasteiger partial charge in [-0.1, -0.05) is 36.0 Å². The molecular weight excluding hydrogens is 287 g/mol. The van der Waals surface area contributed by atoms with Gasteiger partial charge in [-0.25, -0.2) is 0 Å². The second kappa shape index (κ2) is 6.44. The fraction of sp³-hybridized carbons (Fsp3) is 0.538. The number of amides is 1. The summed E-state index contributed by atoms with van der Waals surface area (Å²) in [5.74, 6) is -0.0534. The monoisotopic (exact) mass is 302 g/mol. The third kappa shape index (κ3) is 3.74. The third-order valence-electron chi connectivity index (χ3n) is 3.27. The Labute approximate surface area is 121 Å². The molecule has 6 heteroatoms. The molecule has 1 aromatic heterocycles. The first-order valence-electron chi connectivity index (χ1n) is 6.41. The maximum atomic E-state index is 12.2. The molecule has 2 rings (SSSR count). The quantitative estimate of drug-likeness (QED) is 0.842. The van der Waals surface area contributed by atoms with Crippen molar-refractivity contribution in [3.63, 3.8) is 0 Å². The van der Waals surface area contributed by atoms with Crippen LogP contribution in [-0.4, -0.2) is 28.5 Å². The van der Waals surface area contributed by atoms with Gasteiger partial charge in [0.25, 0.3) is 5.56 Å². The molecule has 0 radical (unpaired) electrons. The van der Waals surface area contributed by atoms with Gasteiger partial charge in [-0.05, 0) is 18.9 Å². The van der Waals surface area contributed by atoms with E-state index in [1.807, 2.05) is 4.90 Å². The first-order valence-corrected chi connectivity index (χ1v) is 7.17. The first-order chi connectivity index (χ1) is 9.08. The van der Waals surface area contributed by atoms with Crippen LogP contribution in [0.2, 0.25) is 10.0 Å². The minimum Gasteiger partial charge on any atom is -0.341 e. The Bertz CT molecular complexity index is 520. The molecule has 1 fully saturated rings. The van der Waals surface area contributed by atoms with Gasteiger partial charge in [0.05, 0.1) is 5.02 Å². The molecule has 0 aromatic carbocycles. The van der Waals surface area contributed by atoms with Crippen LogP contribution in [-0.2, 0) is 11.3 Å². The zero-order valence-corrected chi connectivity index (χ0v) is 12.1. The van der Waals surface area contributed by atoms with Crippen LogP contribution in [0.4, 0.5) is 0 Å². The number of pyridine rings is 1. The van der Waals surface area contributed by atoms with Crippen molar-refractivity contribution in [1.82, 2.24) is 9.47 Å². The predicted molar refractivity (Wildman–Crippen MR) is 75.8 cm³/mol. The van der Waals surface area contributed by atoms with Crippen molar-refractivity contribution < 1.29 is 4.79 Å². The smallest absolute Gasteiger partial charge is 0.269 e. The van der Waals surface area contributed by atoms with Crippen molar-refractivity contribution in [2.24, 2.45) is 0 Å². The van der Waals surface area contributed by atoms with Gasteiger partial charge in [-0.3, -0.25) is 9.59 Å². The highest BCUT2D eigenvalue weighted by molar-refractivity contribution is 6.34. The number of likely N-dealkylation sites (tertiary alicyclic amines) is 1. The molecule has 1 aromatic rings. The van der Waals surface area contributed by atoms with Crippen LogP contribution in [0.25, 0.3) is 0 Å². The summed E-state index contributed by atoms with van der Waals surface area (Å²) in [6, 6.07) is 1.39. The Morgan fingerprint density at radius 3 is 2.42 bits per heavy atom. The molecule has 0 unspecified atom stereocenters. The molecule has 1 amide bonds. The van der Waals surface area contributed by atoms with Crippen molar-refractivity contribution in [3.8, 4) is 0 Å². The summed E-state index contributed by atoms with van der Waals surface area (Å²) >= 11 is 11.6. The summed E-state index contributed by atoms with van der Waals surface area (Å²) < 4.78 is 1.28. The number of nitrogens with zero attached hydrogens (tertiary/aromatic N) is 2. The summed E-state index contributed by atoms with van der Waals surface area (Å²) in [5.41, 5.74) is -0.380. The van der Waals surface area contributed by atoms with Crippen molar-refractivity contribution in [2.45, 2.75) is 32.2 Å². The number of rotatable bonds is 2. The molecule has 4 nitrogen and oxygen atoms in total. The fourth-order valence-electron chi connectivity index (χ4n) is 2.25. The predicted octanol–water partition coefficient (Wildman–Crippen LogP) is 2.56. The van der Waals surface area contributed by atoms with Crippen molar-refractivity contribution in [2.75, 3.05) is 13.1 Å². The summed E-state index contributed by atoms with van der Waals surface area (Å²) in [4.78, 5) is 25.8. The third-order valence-corrected chi connectivity index (χ3v) is 3.75. The second-order valence-electron chi connectivity index (χ2n) is 4.73. The van der Waals surface area contributed by atoms with Gasteiger partial charge in [0.2, 0.25) is 5.91 Å². The number of carbonyl (C=O) groups excluding carboxylic acids is 1. The minimum absolute atomic E-state index is 0.000880. The molecule has 0 saturated carbocycles. The zero-order chi connectivity index (χ0) is 13.8. The molecule has 1 aliphatic rings. The Kier molecular flexibility index (Phi) is 4.88. The van der Waals surface area contributed by atoms with Crippen molar-refractivity contribution >= 4 is 29.1 Å². The summed E-state index contributed by atoms with van der Waals surface area (Å²) in [7, 11) is 0. The lowest BCUT2D eigenvalue weighted by Crippen LogP contribution is -2.37. The van der Waals surface area contributed by atoms with Crippen LogP contribution >= 0.6 is 23.2 Å². The standard InChI is InChI=1S/C13H16Cl2N2O2/c14-10-7-11(15)13(19)17(8-10)9-12(18)16-5-3-1-2-4-6-16/h7-8H,1-6,9H2. The number of carbonyl (C=O) groups is 1. The van der Waals surface area contributed by atoms with E-state index in [1.165, 1.54) is 16.8 Å². The second-order valence-corrected chi connectivity index (χ2v) is 5.58. The van der Waals surface area contributed by atoms with Gasteiger partial charge in [0.15, 0.2) is 0 Å². The highest BCUT2D eigenvalue weighted by atomic mass is 35.5. The molecule has 1 saturated heterocycles. The lowest BCUT2D eigenvalue weighted by atomic mass is 10.2. The van der Waals surface area contributed by atoms with E-state index < -0.39 is 0 Å². The number of hydrogen-bond acceptors (Lipinski definition) is 2. The van der Waals surface area contributed by atoms with E-state index in [2.05, 4.69) is 0 Å². The van der Waals surface area contributed by atoms with Gasteiger partial charge in [0, 0.05) is 19.3 Å². The molecule has 0 bridgehead atoms. The van der Waals surface area contributed by atoms with Crippen LogP contribution in [0, 0.1) is 0 Å². The minimum atomic E-state index is -0.380. The van der Waals surface area contributed by atoms with E-state index in [0.717, 1.165) is 38.8 Å². The van der Waals surface area contributed by atoms with E-state index in [9.17, 15) is 9.59 Å². The average Bonchev–Trinajstić information content (AvgIpc) is 2.64. The molecule has 0 spiro atoms. The topological polar surface area (TPSA) is 42.3 Å². The van der Waals surface area contributed by atoms with Crippen molar-refractivity contribution in [3.05, 3.63) is 32.7 Å². The molecule has 0 aliphatic carbocycles. The Balaban J connectivity index is 2.12. The van der Waals surface area contributed by atoms with E-state index in [4.69, 9.17) is 23.2 Å². The number of aromatic nitrogens is 1. The summed E-state index contributed by atoms with van der Waals surface area (Å²) in [5, 5.41) is 0.393. The van der Waals surface area contributed by atoms with E-state index in [0.29, 0.717) is 5.02 Å². The van der Waals surface area contributed by atoms with Gasteiger partial charge in [0.1, 0.15) is 11.6 Å². The van der Waals surface area contributed by atoms with E-state index >= 15 is 0 Å². The van der Waals surface area contributed by atoms with Gasteiger partial charge >= 0.3 is 0 Å². The first kappa shape index (κ1) is 14.4. The zero-order valence-electron chi connectivity index (χ0n) is 10.6. The van der Waals surface area contributed by atoms with Crippen LogP contribution in [0.1, 0.15) is 25.7 Å². The Morgan fingerprint density at radius 2 is 1.79 bits per heavy atom. The van der Waals surface area contributed by atoms with Crippen LogP contribution in [0.3, 0.4) is 0 Å². The maximum absolute atomic E-state index is 12.2. The molecule has 104 valence electrons. The molecule has 1 aliphatic heterocycles. The van der Waals surface area contributed by atoms with E-state index in [1.54, 1.807) is 0 Å². The average molecular weight is 303 g/mol.